The van der Waals surface area contributed by atoms with Crippen LogP contribution in [0.2, 0.25) is 0 Å². The molecule has 0 heterocycles. The van der Waals surface area contributed by atoms with Gasteiger partial charge in [0.05, 0.1) is 13.2 Å². The summed E-state index contributed by atoms with van der Waals surface area (Å²) in [5.74, 6) is -0.214. The van der Waals surface area contributed by atoms with Gasteiger partial charge >= 0.3 is 11.9 Å². The van der Waals surface area contributed by atoms with Gasteiger partial charge < -0.3 is 9.47 Å². The van der Waals surface area contributed by atoms with Gasteiger partial charge in [-0.1, -0.05) is 12.2 Å². The van der Waals surface area contributed by atoms with E-state index in [1.807, 2.05) is 12.2 Å². The SMILES string of the molecule is C=CCCCCC(=O)OCCCCCCOC(=O)CCCCC=C. The van der Waals surface area contributed by atoms with Crippen molar-refractivity contribution in [1.29, 1.82) is 0 Å². The Hall–Kier alpha value is -1.58. The van der Waals surface area contributed by atoms with Crippen LogP contribution in [0.25, 0.3) is 0 Å². The quantitative estimate of drug-likeness (QED) is 0.210. The number of hydrogen-bond acceptors (Lipinski definition) is 4. The molecular formula is C20H34O4. The molecule has 0 saturated carbocycles. The Kier molecular flexibility index (Phi) is 16.6. The minimum Gasteiger partial charge on any atom is -0.466 e. The summed E-state index contributed by atoms with van der Waals surface area (Å²) in [6, 6.07) is 0. The summed E-state index contributed by atoms with van der Waals surface area (Å²) in [6.07, 6.45) is 14.1. The van der Waals surface area contributed by atoms with Crippen molar-refractivity contribution in [1.82, 2.24) is 0 Å². The summed E-state index contributed by atoms with van der Waals surface area (Å²) in [6.45, 7) is 8.28. The van der Waals surface area contributed by atoms with E-state index in [9.17, 15) is 9.59 Å². The van der Waals surface area contributed by atoms with Crippen molar-refractivity contribution >= 4 is 11.9 Å². The molecule has 4 heteroatoms. The Balaban J connectivity index is 3.27. The van der Waals surface area contributed by atoms with Gasteiger partial charge in [-0.25, -0.2) is 0 Å². The minimum absolute atomic E-state index is 0.107. The fraction of sp³-hybridized carbons (Fsp3) is 0.700. The molecule has 138 valence electrons. The summed E-state index contributed by atoms with van der Waals surface area (Å²) in [7, 11) is 0. The molecular weight excluding hydrogens is 304 g/mol. The summed E-state index contributed by atoms with van der Waals surface area (Å²) in [5, 5.41) is 0. The van der Waals surface area contributed by atoms with Crippen LogP contribution < -0.4 is 0 Å². The monoisotopic (exact) mass is 338 g/mol. The van der Waals surface area contributed by atoms with Gasteiger partial charge in [0, 0.05) is 12.8 Å². The molecule has 0 unspecified atom stereocenters. The van der Waals surface area contributed by atoms with Gasteiger partial charge in [-0.15, -0.1) is 13.2 Å². The molecule has 0 aromatic carbocycles. The van der Waals surface area contributed by atoms with Crippen LogP contribution in [-0.2, 0) is 19.1 Å². The van der Waals surface area contributed by atoms with E-state index in [-0.39, 0.29) is 11.9 Å². The maximum absolute atomic E-state index is 11.4. The number of esters is 2. The van der Waals surface area contributed by atoms with E-state index < -0.39 is 0 Å². The molecule has 0 N–H and O–H groups in total. The molecule has 0 rings (SSSR count). The third-order valence-corrected chi connectivity index (χ3v) is 3.64. The van der Waals surface area contributed by atoms with E-state index in [1.54, 1.807) is 0 Å². The first-order valence-electron chi connectivity index (χ1n) is 9.23. The van der Waals surface area contributed by atoms with Crippen LogP contribution in [0.5, 0.6) is 0 Å². The van der Waals surface area contributed by atoms with E-state index >= 15 is 0 Å². The van der Waals surface area contributed by atoms with Crippen LogP contribution >= 0.6 is 0 Å². The Labute approximate surface area is 147 Å². The highest BCUT2D eigenvalue weighted by atomic mass is 16.5. The summed E-state index contributed by atoms with van der Waals surface area (Å²) >= 11 is 0. The predicted octanol–water partition coefficient (Wildman–Crippen LogP) is 5.13. The number of carbonyl (C=O) groups is 2. The second-order valence-corrected chi connectivity index (χ2v) is 5.92. The minimum atomic E-state index is -0.107. The first kappa shape index (κ1) is 22.4. The molecule has 0 saturated heterocycles. The molecule has 0 spiro atoms. The van der Waals surface area contributed by atoms with Crippen LogP contribution in [0.4, 0.5) is 0 Å². The van der Waals surface area contributed by atoms with Gasteiger partial charge in [0.2, 0.25) is 0 Å². The molecule has 0 aromatic heterocycles. The Morgan fingerprint density at radius 1 is 0.625 bits per heavy atom. The van der Waals surface area contributed by atoms with Crippen LogP contribution in [0.1, 0.15) is 77.0 Å². The maximum Gasteiger partial charge on any atom is 0.305 e. The number of carbonyl (C=O) groups excluding carboxylic acids is 2. The third kappa shape index (κ3) is 16.8. The lowest BCUT2D eigenvalue weighted by Gasteiger charge is -2.06. The third-order valence-electron chi connectivity index (χ3n) is 3.64. The molecule has 0 aliphatic carbocycles. The fourth-order valence-electron chi connectivity index (χ4n) is 2.19. The molecule has 0 atom stereocenters. The lowest BCUT2D eigenvalue weighted by atomic mass is 10.2. The highest BCUT2D eigenvalue weighted by Crippen LogP contribution is 2.05. The van der Waals surface area contributed by atoms with Crippen molar-refractivity contribution in [2.75, 3.05) is 13.2 Å². The first-order valence-corrected chi connectivity index (χ1v) is 9.23. The molecule has 0 fully saturated rings. The second kappa shape index (κ2) is 17.8. The molecule has 4 nitrogen and oxygen atoms in total. The van der Waals surface area contributed by atoms with Gasteiger partial charge in [-0.3, -0.25) is 9.59 Å². The van der Waals surface area contributed by atoms with Crippen LogP contribution in [-0.4, -0.2) is 25.2 Å². The number of ether oxygens (including phenoxy) is 2. The van der Waals surface area contributed by atoms with E-state index in [0.29, 0.717) is 26.1 Å². The number of hydrogen-bond donors (Lipinski definition) is 0. The highest BCUT2D eigenvalue weighted by molar-refractivity contribution is 5.69. The lowest BCUT2D eigenvalue weighted by Crippen LogP contribution is -2.06. The lowest BCUT2D eigenvalue weighted by molar-refractivity contribution is -0.145. The van der Waals surface area contributed by atoms with Crippen LogP contribution in [0.3, 0.4) is 0 Å². The fourth-order valence-corrected chi connectivity index (χ4v) is 2.19. The average Bonchev–Trinajstić information content (AvgIpc) is 2.58. The van der Waals surface area contributed by atoms with Gasteiger partial charge in [-0.05, 0) is 64.2 Å². The predicted molar refractivity (Wildman–Crippen MR) is 97.7 cm³/mol. The number of allylic oxidation sites excluding steroid dienone is 2. The molecule has 24 heavy (non-hydrogen) atoms. The Morgan fingerprint density at radius 2 is 1.04 bits per heavy atom. The standard InChI is InChI=1S/C20H34O4/c1-3-5-7-11-15-19(21)23-17-13-9-10-14-18-24-20(22)16-12-8-6-4-2/h3-4H,1-2,5-18H2. The average molecular weight is 338 g/mol. The van der Waals surface area contributed by atoms with Crippen molar-refractivity contribution in [3.63, 3.8) is 0 Å². The maximum atomic E-state index is 11.4. The first-order chi connectivity index (χ1) is 11.7. The summed E-state index contributed by atoms with van der Waals surface area (Å²) < 4.78 is 10.3. The van der Waals surface area contributed by atoms with Gasteiger partial charge in [0.15, 0.2) is 0 Å². The number of rotatable bonds is 17. The highest BCUT2D eigenvalue weighted by Gasteiger charge is 2.03. The van der Waals surface area contributed by atoms with Gasteiger partial charge in [0.25, 0.3) is 0 Å². The van der Waals surface area contributed by atoms with Crippen molar-refractivity contribution in [2.45, 2.75) is 77.0 Å². The van der Waals surface area contributed by atoms with E-state index in [2.05, 4.69) is 13.2 Å². The smallest absolute Gasteiger partial charge is 0.305 e. The molecule has 0 radical (unpaired) electrons. The number of unbranched alkanes of at least 4 members (excludes halogenated alkanes) is 7. The zero-order chi connectivity index (χ0) is 17.9. The zero-order valence-electron chi connectivity index (χ0n) is 15.1. The molecule has 0 aromatic rings. The van der Waals surface area contributed by atoms with E-state index in [0.717, 1.165) is 64.2 Å². The summed E-state index contributed by atoms with van der Waals surface area (Å²) in [4.78, 5) is 22.9. The zero-order valence-corrected chi connectivity index (χ0v) is 15.1. The van der Waals surface area contributed by atoms with Crippen molar-refractivity contribution in [2.24, 2.45) is 0 Å². The topological polar surface area (TPSA) is 52.6 Å². The molecule has 0 bridgehead atoms. The molecule has 0 aliphatic heterocycles. The second-order valence-electron chi connectivity index (χ2n) is 5.92. The van der Waals surface area contributed by atoms with Gasteiger partial charge in [0.1, 0.15) is 0 Å². The van der Waals surface area contributed by atoms with E-state index in [4.69, 9.17) is 9.47 Å². The van der Waals surface area contributed by atoms with Crippen molar-refractivity contribution in [3.8, 4) is 0 Å². The summed E-state index contributed by atoms with van der Waals surface area (Å²) in [5.41, 5.74) is 0. The Morgan fingerprint density at radius 3 is 1.42 bits per heavy atom. The Bertz CT molecular complexity index is 316. The molecule has 0 amide bonds. The molecule has 0 aliphatic rings. The largest absolute Gasteiger partial charge is 0.466 e. The van der Waals surface area contributed by atoms with Crippen LogP contribution in [0.15, 0.2) is 25.3 Å². The van der Waals surface area contributed by atoms with Crippen LogP contribution in [0, 0.1) is 0 Å². The normalized spacial score (nSPS) is 10.2. The van der Waals surface area contributed by atoms with Crippen molar-refractivity contribution in [3.05, 3.63) is 25.3 Å². The van der Waals surface area contributed by atoms with Crippen molar-refractivity contribution < 1.29 is 19.1 Å². The van der Waals surface area contributed by atoms with E-state index in [1.165, 1.54) is 0 Å². The van der Waals surface area contributed by atoms with Gasteiger partial charge in [-0.2, -0.15) is 0 Å².